The third-order valence-electron chi connectivity index (χ3n) is 8.20. The van der Waals surface area contributed by atoms with E-state index in [0.29, 0.717) is 0 Å². The fourth-order valence-corrected chi connectivity index (χ4v) is 6.56. The Balaban J connectivity index is 0.00000812. The molecule has 1 aliphatic carbocycles. The number of hydrogen-bond donors (Lipinski definition) is 2. The first kappa shape index (κ1) is 45.3. The van der Waals surface area contributed by atoms with E-state index in [4.69, 9.17) is 33.2 Å². The second kappa shape index (κ2) is 20.7. The number of ether oxygens (including phenoxy) is 7. The molecule has 55 heavy (non-hydrogen) atoms. The Kier molecular flexibility index (Phi) is 17.0. The predicted molar refractivity (Wildman–Crippen MR) is 182 cm³/mol. The van der Waals surface area contributed by atoms with E-state index in [0.717, 1.165) is 49.9 Å². The number of esters is 4. The predicted octanol–water partition coefficient (Wildman–Crippen LogP) is -1.95. The van der Waals surface area contributed by atoms with E-state index in [-0.39, 0.29) is 55.0 Å². The Morgan fingerprint density at radius 1 is 0.764 bits per heavy atom. The van der Waals surface area contributed by atoms with E-state index < -0.39 is 102 Å². The number of rotatable bonds is 16. The van der Waals surface area contributed by atoms with Gasteiger partial charge in [0.25, 0.3) is 0 Å². The molecule has 1 heterocycles. The molecule has 0 spiro atoms. The summed E-state index contributed by atoms with van der Waals surface area (Å²) in [6.45, 7) is 2.59. The summed E-state index contributed by atoms with van der Waals surface area (Å²) in [7, 11) is -4.57. The topological polar surface area (TPSA) is 248 Å². The standard InChI is InChI=1S/C35H42N2O16S.Na/c1-19(38)47-18-29-30(50-20(2)39)31(51-21(3)40)32(52-22(4)41)34(53-29)48-17-28(33(42)36-14-9-15-54(44,45)46)37-35(43)49-16-27-25-12-7-5-10-23(25)24-11-6-8-13-26(24)27;/h5-8,10-13,27-32,34H,9,14-18H2,1-4H3,(H,36,42)(H,37,43)(H,44,45,46);/q;+1/p-1/t28-,29+,30+,31-,32+,34+;/m0./s1. The maximum atomic E-state index is 13.3. The molecule has 18 nitrogen and oxygen atoms in total. The second-order valence-electron chi connectivity index (χ2n) is 12.3. The zero-order chi connectivity index (χ0) is 39.6. The molecule has 0 aromatic heterocycles. The molecule has 20 heteroatoms. The molecular formula is C35H41N2NaO16S. The SMILES string of the molecule is CC(=O)OC[C@H]1O[C@@H](OC[C@H](NC(=O)OCC2c3ccccc3-c3ccccc32)C(=O)NCCCS(=O)(=O)[O-])[C@H](OC(C)=O)[C@@H](OC(C)=O)[C@@H]1OC(C)=O.[Na+]. The maximum absolute atomic E-state index is 13.3. The van der Waals surface area contributed by atoms with Crippen LogP contribution < -0.4 is 40.2 Å². The van der Waals surface area contributed by atoms with Crippen molar-refractivity contribution in [2.24, 2.45) is 0 Å². The summed E-state index contributed by atoms with van der Waals surface area (Å²) in [5.74, 6) is -5.33. The first-order valence-electron chi connectivity index (χ1n) is 16.8. The molecule has 1 saturated heterocycles. The summed E-state index contributed by atoms with van der Waals surface area (Å²) < 4.78 is 71.7. The van der Waals surface area contributed by atoms with Gasteiger partial charge in [-0.1, -0.05) is 48.5 Å². The fourth-order valence-electron chi connectivity index (χ4n) is 6.06. The van der Waals surface area contributed by atoms with E-state index in [1.807, 2.05) is 48.5 Å². The van der Waals surface area contributed by atoms with Crippen LogP contribution in [0.3, 0.4) is 0 Å². The molecule has 1 aliphatic heterocycles. The Hall–Kier alpha value is -4.11. The van der Waals surface area contributed by atoms with Gasteiger partial charge in [0.05, 0.1) is 16.7 Å². The zero-order valence-corrected chi connectivity index (χ0v) is 33.7. The van der Waals surface area contributed by atoms with Crippen molar-refractivity contribution in [3.8, 4) is 11.1 Å². The first-order valence-corrected chi connectivity index (χ1v) is 18.4. The number of alkyl carbamates (subject to hydrolysis) is 1. The van der Waals surface area contributed by atoms with Crippen LogP contribution >= 0.6 is 0 Å². The molecule has 0 bridgehead atoms. The van der Waals surface area contributed by atoms with Crippen molar-refractivity contribution in [1.82, 2.24) is 10.6 Å². The quantitative estimate of drug-likeness (QED) is 0.0616. The Bertz CT molecular complexity index is 1780. The van der Waals surface area contributed by atoms with Gasteiger partial charge in [-0.05, 0) is 28.7 Å². The van der Waals surface area contributed by atoms with Gasteiger partial charge in [-0.25, -0.2) is 13.2 Å². The van der Waals surface area contributed by atoms with E-state index in [1.165, 1.54) is 0 Å². The molecule has 0 unspecified atom stereocenters. The second-order valence-corrected chi connectivity index (χ2v) is 13.9. The molecule has 1 fully saturated rings. The van der Waals surface area contributed by atoms with E-state index in [1.54, 1.807) is 0 Å². The molecule has 294 valence electrons. The summed E-state index contributed by atoms with van der Waals surface area (Å²) in [5, 5.41) is 4.82. The first-order chi connectivity index (χ1) is 25.5. The molecule has 4 rings (SSSR count). The van der Waals surface area contributed by atoms with Crippen LogP contribution in [0.1, 0.15) is 51.2 Å². The average molecular weight is 801 g/mol. The van der Waals surface area contributed by atoms with Crippen molar-refractivity contribution in [1.29, 1.82) is 0 Å². The average Bonchev–Trinajstić information content (AvgIpc) is 3.41. The summed E-state index contributed by atoms with van der Waals surface area (Å²) in [6.07, 6.45) is -8.97. The zero-order valence-electron chi connectivity index (χ0n) is 30.8. The smallest absolute Gasteiger partial charge is 0.748 e. The summed E-state index contributed by atoms with van der Waals surface area (Å²) in [6, 6.07) is 13.7. The normalized spacial score (nSPS) is 20.6. The van der Waals surface area contributed by atoms with Crippen LogP contribution in [0.25, 0.3) is 11.1 Å². The van der Waals surface area contributed by atoms with Gasteiger partial charge in [0.2, 0.25) is 5.91 Å². The van der Waals surface area contributed by atoms with Gasteiger partial charge in [0.1, 0.15) is 25.4 Å². The van der Waals surface area contributed by atoms with Crippen LogP contribution in [-0.4, -0.2) is 118 Å². The Morgan fingerprint density at radius 3 is 1.85 bits per heavy atom. The van der Waals surface area contributed by atoms with Crippen LogP contribution in [-0.2, 0) is 67.2 Å². The minimum Gasteiger partial charge on any atom is -0.748 e. The molecule has 0 saturated carbocycles. The molecule has 2 N–H and O–H groups in total. The van der Waals surface area contributed by atoms with Crippen LogP contribution in [0.15, 0.2) is 48.5 Å². The number of carbonyl (C=O) groups is 6. The van der Waals surface area contributed by atoms with Gasteiger partial charge >= 0.3 is 59.5 Å². The molecule has 0 radical (unpaired) electrons. The van der Waals surface area contributed by atoms with E-state index in [2.05, 4.69) is 10.6 Å². The number of hydrogen-bond acceptors (Lipinski definition) is 16. The van der Waals surface area contributed by atoms with Crippen LogP contribution in [0.2, 0.25) is 0 Å². The molecule has 2 aromatic rings. The van der Waals surface area contributed by atoms with E-state index in [9.17, 15) is 41.7 Å². The van der Waals surface area contributed by atoms with Crippen molar-refractivity contribution in [2.45, 2.75) is 76.8 Å². The Labute approximate surface area is 339 Å². The number of benzene rings is 2. The third-order valence-corrected chi connectivity index (χ3v) is 8.99. The minimum absolute atomic E-state index is 0. The van der Waals surface area contributed by atoms with Gasteiger partial charge < -0.3 is 48.3 Å². The van der Waals surface area contributed by atoms with Crippen molar-refractivity contribution in [2.75, 3.05) is 32.1 Å². The number of carbonyl (C=O) groups excluding carboxylic acids is 6. The number of fused-ring (bicyclic) bond motifs is 3. The number of nitrogens with one attached hydrogen (secondary N) is 2. The summed E-state index contributed by atoms with van der Waals surface area (Å²) >= 11 is 0. The molecule has 6 atom stereocenters. The fraction of sp³-hybridized carbons (Fsp3) is 0.486. The molecular weight excluding hydrogens is 759 g/mol. The maximum Gasteiger partial charge on any atom is 1.00 e. The van der Waals surface area contributed by atoms with Gasteiger partial charge in [-0.2, -0.15) is 0 Å². The van der Waals surface area contributed by atoms with Crippen molar-refractivity contribution in [3.63, 3.8) is 0 Å². The molecule has 2 aromatic carbocycles. The third kappa shape index (κ3) is 13.3. The summed E-state index contributed by atoms with van der Waals surface area (Å²) in [5.41, 5.74) is 3.83. The van der Waals surface area contributed by atoms with Gasteiger partial charge in [0.15, 0.2) is 24.6 Å². The van der Waals surface area contributed by atoms with Gasteiger partial charge in [-0.15, -0.1) is 0 Å². The number of amides is 2. The molecule has 2 aliphatic rings. The van der Waals surface area contributed by atoms with Crippen molar-refractivity contribution < 1.29 is 104 Å². The van der Waals surface area contributed by atoms with Crippen LogP contribution in [0.4, 0.5) is 4.79 Å². The van der Waals surface area contributed by atoms with Crippen molar-refractivity contribution >= 4 is 46.0 Å². The summed E-state index contributed by atoms with van der Waals surface area (Å²) in [4.78, 5) is 74.7. The van der Waals surface area contributed by atoms with E-state index >= 15 is 0 Å². The largest absolute Gasteiger partial charge is 1.00 e. The van der Waals surface area contributed by atoms with Gasteiger partial charge in [-0.3, -0.25) is 24.0 Å². The molecule has 2 amide bonds. The van der Waals surface area contributed by atoms with Gasteiger partial charge in [0, 0.05) is 45.9 Å². The minimum atomic E-state index is -4.57. The monoisotopic (exact) mass is 800 g/mol. The van der Waals surface area contributed by atoms with Crippen molar-refractivity contribution in [3.05, 3.63) is 59.7 Å². The Morgan fingerprint density at radius 2 is 1.31 bits per heavy atom. The van der Waals surface area contributed by atoms with Crippen LogP contribution in [0, 0.1) is 0 Å². The van der Waals surface area contributed by atoms with Crippen LogP contribution in [0.5, 0.6) is 0 Å².